The molecule has 0 saturated heterocycles. The number of halogens is 1. The van der Waals surface area contributed by atoms with Gasteiger partial charge in [0.25, 0.3) is 5.91 Å². The van der Waals surface area contributed by atoms with Crippen LogP contribution in [-0.4, -0.2) is 18.0 Å². The lowest BCUT2D eigenvalue weighted by Gasteiger charge is -2.10. The number of anilines is 1. The minimum atomic E-state index is -0.556. The maximum atomic E-state index is 13.0. The van der Waals surface area contributed by atoms with Crippen LogP contribution in [0.1, 0.15) is 15.9 Å². The Balaban J connectivity index is 2.09. The third-order valence-corrected chi connectivity index (χ3v) is 2.71. The molecule has 0 spiro atoms. The first kappa shape index (κ1) is 13.8. The Morgan fingerprint density at radius 3 is 2.90 bits per heavy atom. The van der Waals surface area contributed by atoms with Crippen molar-refractivity contribution in [3.8, 4) is 5.75 Å². The molecule has 1 amide bonds. The third-order valence-electron chi connectivity index (χ3n) is 2.71. The average molecular weight is 275 g/mol. The van der Waals surface area contributed by atoms with Crippen molar-refractivity contribution in [2.24, 2.45) is 0 Å². The van der Waals surface area contributed by atoms with Gasteiger partial charge in [0, 0.05) is 24.0 Å². The number of carbonyl (C=O) groups excluding carboxylic acids is 1. The molecular weight excluding hydrogens is 261 g/mol. The van der Waals surface area contributed by atoms with E-state index in [-0.39, 0.29) is 12.1 Å². The number of nitrogens with one attached hydrogen (secondary N) is 1. The number of benzene rings is 1. The number of methoxy groups -OCH3 is 1. The molecule has 0 radical (unpaired) electrons. The smallest absolute Gasteiger partial charge is 0.253 e. The second-order valence-corrected chi connectivity index (χ2v) is 4.15. The van der Waals surface area contributed by atoms with Crippen molar-refractivity contribution in [2.75, 3.05) is 12.8 Å². The SMILES string of the molecule is COc1ccc(N)cc1CNC(=O)c1cncc(F)c1. The number of aromatic nitrogens is 1. The Labute approximate surface area is 115 Å². The summed E-state index contributed by atoms with van der Waals surface area (Å²) >= 11 is 0. The molecule has 5 nitrogen and oxygen atoms in total. The van der Waals surface area contributed by atoms with Crippen LogP contribution < -0.4 is 15.8 Å². The maximum absolute atomic E-state index is 13.0. The molecule has 0 aliphatic carbocycles. The van der Waals surface area contributed by atoms with E-state index in [0.29, 0.717) is 11.4 Å². The van der Waals surface area contributed by atoms with Crippen molar-refractivity contribution in [3.05, 3.63) is 53.6 Å². The Morgan fingerprint density at radius 2 is 2.20 bits per heavy atom. The summed E-state index contributed by atoms with van der Waals surface area (Å²) in [5, 5.41) is 2.66. The number of rotatable bonds is 4. The van der Waals surface area contributed by atoms with Gasteiger partial charge in [-0.15, -0.1) is 0 Å². The molecule has 1 aromatic heterocycles. The number of nitrogens with two attached hydrogens (primary N) is 1. The zero-order valence-corrected chi connectivity index (χ0v) is 10.9. The van der Waals surface area contributed by atoms with Crippen LogP contribution in [0.25, 0.3) is 0 Å². The van der Waals surface area contributed by atoms with Gasteiger partial charge in [-0.2, -0.15) is 0 Å². The lowest BCUT2D eigenvalue weighted by molar-refractivity contribution is 0.0950. The summed E-state index contributed by atoms with van der Waals surface area (Å²) < 4.78 is 18.2. The summed E-state index contributed by atoms with van der Waals surface area (Å²) in [6.45, 7) is 0.226. The van der Waals surface area contributed by atoms with Crippen molar-refractivity contribution in [2.45, 2.75) is 6.54 Å². The van der Waals surface area contributed by atoms with E-state index in [9.17, 15) is 9.18 Å². The summed E-state index contributed by atoms with van der Waals surface area (Å²) in [6.07, 6.45) is 2.34. The van der Waals surface area contributed by atoms with E-state index in [0.717, 1.165) is 17.8 Å². The van der Waals surface area contributed by atoms with Gasteiger partial charge in [-0.05, 0) is 24.3 Å². The summed E-state index contributed by atoms with van der Waals surface area (Å²) in [4.78, 5) is 15.5. The molecule has 2 rings (SSSR count). The van der Waals surface area contributed by atoms with Crippen molar-refractivity contribution in [1.29, 1.82) is 0 Å². The van der Waals surface area contributed by atoms with Gasteiger partial charge in [0.05, 0.1) is 18.9 Å². The molecule has 0 aliphatic heterocycles. The maximum Gasteiger partial charge on any atom is 0.253 e. The first-order valence-corrected chi connectivity index (χ1v) is 5.91. The molecule has 104 valence electrons. The van der Waals surface area contributed by atoms with E-state index in [1.807, 2.05) is 0 Å². The van der Waals surface area contributed by atoms with Gasteiger partial charge in [-0.25, -0.2) is 4.39 Å². The average Bonchev–Trinajstić information content (AvgIpc) is 2.45. The second-order valence-electron chi connectivity index (χ2n) is 4.15. The first-order chi connectivity index (χ1) is 9.60. The predicted molar refractivity (Wildman–Crippen MR) is 72.8 cm³/mol. The van der Waals surface area contributed by atoms with Gasteiger partial charge in [0.1, 0.15) is 11.6 Å². The second kappa shape index (κ2) is 6.01. The van der Waals surface area contributed by atoms with Crippen LogP contribution in [0, 0.1) is 5.82 Å². The van der Waals surface area contributed by atoms with Crippen molar-refractivity contribution in [1.82, 2.24) is 10.3 Å². The standard InChI is InChI=1S/C14H14FN3O2/c1-20-13-3-2-12(16)5-9(13)7-18-14(19)10-4-11(15)8-17-6-10/h2-6,8H,7,16H2,1H3,(H,18,19). The molecule has 2 aromatic rings. The highest BCUT2D eigenvalue weighted by Crippen LogP contribution is 2.20. The van der Waals surface area contributed by atoms with Gasteiger partial charge in [0.15, 0.2) is 0 Å². The van der Waals surface area contributed by atoms with Gasteiger partial charge < -0.3 is 15.8 Å². The van der Waals surface area contributed by atoms with E-state index in [1.54, 1.807) is 18.2 Å². The van der Waals surface area contributed by atoms with E-state index < -0.39 is 11.7 Å². The fourth-order valence-electron chi connectivity index (χ4n) is 1.75. The number of nitrogens with zero attached hydrogens (tertiary/aromatic N) is 1. The van der Waals surface area contributed by atoms with Gasteiger partial charge in [0.2, 0.25) is 0 Å². The van der Waals surface area contributed by atoms with Crippen LogP contribution in [0.5, 0.6) is 5.75 Å². The van der Waals surface area contributed by atoms with Crippen molar-refractivity contribution < 1.29 is 13.9 Å². The number of nitrogen functional groups attached to an aromatic ring is 1. The lowest BCUT2D eigenvalue weighted by atomic mass is 10.1. The Morgan fingerprint density at radius 1 is 1.40 bits per heavy atom. The van der Waals surface area contributed by atoms with Crippen LogP contribution >= 0.6 is 0 Å². The Kier molecular flexibility index (Phi) is 4.14. The molecule has 20 heavy (non-hydrogen) atoms. The van der Waals surface area contributed by atoms with Gasteiger partial charge in [-0.1, -0.05) is 0 Å². The highest BCUT2D eigenvalue weighted by molar-refractivity contribution is 5.93. The lowest BCUT2D eigenvalue weighted by Crippen LogP contribution is -2.23. The predicted octanol–water partition coefficient (Wildman–Crippen LogP) is 1.74. The Hall–Kier alpha value is -2.63. The summed E-state index contributed by atoms with van der Waals surface area (Å²) in [5.41, 5.74) is 7.16. The molecule has 1 aromatic carbocycles. The molecule has 0 unspecified atom stereocenters. The molecule has 1 heterocycles. The van der Waals surface area contributed by atoms with Crippen LogP contribution in [0.3, 0.4) is 0 Å². The summed E-state index contributed by atoms with van der Waals surface area (Å²) in [6, 6.07) is 6.27. The summed E-state index contributed by atoms with van der Waals surface area (Å²) in [5.74, 6) is -0.350. The number of pyridine rings is 1. The topological polar surface area (TPSA) is 77.2 Å². The molecule has 6 heteroatoms. The van der Waals surface area contributed by atoms with Crippen molar-refractivity contribution >= 4 is 11.6 Å². The van der Waals surface area contributed by atoms with E-state index in [2.05, 4.69) is 10.3 Å². The largest absolute Gasteiger partial charge is 0.496 e. The monoisotopic (exact) mass is 275 g/mol. The van der Waals surface area contributed by atoms with E-state index in [1.165, 1.54) is 13.3 Å². The number of ether oxygens (including phenoxy) is 1. The normalized spacial score (nSPS) is 10.1. The highest BCUT2D eigenvalue weighted by Gasteiger charge is 2.09. The summed E-state index contributed by atoms with van der Waals surface area (Å²) in [7, 11) is 1.54. The quantitative estimate of drug-likeness (QED) is 0.833. The van der Waals surface area contributed by atoms with E-state index >= 15 is 0 Å². The first-order valence-electron chi connectivity index (χ1n) is 5.91. The molecule has 0 fully saturated rings. The van der Waals surface area contributed by atoms with E-state index in [4.69, 9.17) is 10.5 Å². The van der Waals surface area contributed by atoms with Crippen molar-refractivity contribution in [3.63, 3.8) is 0 Å². The van der Waals surface area contributed by atoms with Crippen LogP contribution in [0.4, 0.5) is 10.1 Å². The molecule has 0 atom stereocenters. The number of carbonyl (C=O) groups is 1. The minimum absolute atomic E-state index is 0.160. The highest BCUT2D eigenvalue weighted by atomic mass is 19.1. The zero-order chi connectivity index (χ0) is 14.5. The minimum Gasteiger partial charge on any atom is -0.496 e. The van der Waals surface area contributed by atoms with Crippen LogP contribution in [0.2, 0.25) is 0 Å². The molecule has 0 aliphatic rings. The fourth-order valence-corrected chi connectivity index (χ4v) is 1.75. The zero-order valence-electron chi connectivity index (χ0n) is 10.9. The molecule has 0 bridgehead atoms. The van der Waals surface area contributed by atoms with Crippen LogP contribution in [0.15, 0.2) is 36.7 Å². The van der Waals surface area contributed by atoms with Gasteiger partial charge >= 0.3 is 0 Å². The number of amides is 1. The van der Waals surface area contributed by atoms with Gasteiger partial charge in [-0.3, -0.25) is 9.78 Å². The fraction of sp³-hybridized carbons (Fsp3) is 0.143. The molecular formula is C14H14FN3O2. The van der Waals surface area contributed by atoms with Crippen LogP contribution in [-0.2, 0) is 6.54 Å². The number of hydrogen-bond donors (Lipinski definition) is 2. The molecule has 3 N–H and O–H groups in total. The third kappa shape index (κ3) is 3.23. The number of hydrogen-bond acceptors (Lipinski definition) is 4. The Bertz CT molecular complexity index is 632. The molecule has 0 saturated carbocycles.